The molecule has 6 heteroatoms. The van der Waals surface area contributed by atoms with Crippen LogP contribution in [0.25, 0.3) is 0 Å². The third-order valence-corrected chi connectivity index (χ3v) is 3.61. The monoisotopic (exact) mass is 259 g/mol. The Bertz CT molecular complexity index is 597. The summed E-state index contributed by atoms with van der Waals surface area (Å²) < 4.78 is 0. The summed E-state index contributed by atoms with van der Waals surface area (Å²) >= 11 is 0. The van der Waals surface area contributed by atoms with Crippen molar-refractivity contribution in [1.29, 1.82) is 0 Å². The van der Waals surface area contributed by atoms with Gasteiger partial charge in [0.05, 0.1) is 5.92 Å². The summed E-state index contributed by atoms with van der Waals surface area (Å²) in [5.74, 6) is -1.08. The molecule has 6 nitrogen and oxygen atoms in total. The lowest BCUT2D eigenvalue weighted by Crippen LogP contribution is -2.28. The van der Waals surface area contributed by atoms with Gasteiger partial charge < -0.3 is 16.0 Å². The van der Waals surface area contributed by atoms with E-state index in [1.165, 1.54) is 0 Å². The summed E-state index contributed by atoms with van der Waals surface area (Å²) in [6.07, 6.45) is 0.156. The zero-order chi connectivity index (χ0) is 13.6. The molecule has 1 fully saturated rings. The van der Waals surface area contributed by atoms with Crippen molar-refractivity contribution < 1.29 is 14.4 Å². The first-order chi connectivity index (χ1) is 9.06. The van der Waals surface area contributed by atoms with Crippen LogP contribution in [0.5, 0.6) is 0 Å². The number of primary amides is 1. The van der Waals surface area contributed by atoms with Crippen LogP contribution in [0.4, 0.5) is 5.69 Å². The Hall–Kier alpha value is -2.37. The van der Waals surface area contributed by atoms with Crippen molar-refractivity contribution in [2.45, 2.75) is 13.0 Å². The average Bonchev–Trinajstić information content (AvgIpc) is 2.93. The SMILES string of the molecule is NC(=O)C1CC(=O)N(c2ccc3c(c2)CNC3=O)C1. The highest BCUT2D eigenvalue weighted by Crippen LogP contribution is 2.28. The Morgan fingerprint density at radius 1 is 1.37 bits per heavy atom. The van der Waals surface area contributed by atoms with Gasteiger partial charge >= 0.3 is 0 Å². The molecule has 0 radical (unpaired) electrons. The van der Waals surface area contributed by atoms with Crippen LogP contribution in [0.2, 0.25) is 0 Å². The minimum Gasteiger partial charge on any atom is -0.369 e. The number of amides is 3. The van der Waals surface area contributed by atoms with E-state index < -0.39 is 11.8 Å². The quantitative estimate of drug-likeness (QED) is 0.768. The zero-order valence-corrected chi connectivity index (χ0v) is 10.2. The number of nitrogens with zero attached hydrogens (tertiary/aromatic N) is 1. The van der Waals surface area contributed by atoms with E-state index in [-0.39, 0.29) is 18.2 Å². The van der Waals surface area contributed by atoms with Crippen molar-refractivity contribution in [3.63, 3.8) is 0 Å². The summed E-state index contributed by atoms with van der Waals surface area (Å²) in [5.41, 5.74) is 7.46. The first-order valence-corrected chi connectivity index (χ1v) is 6.07. The van der Waals surface area contributed by atoms with E-state index in [2.05, 4.69) is 5.32 Å². The summed E-state index contributed by atoms with van der Waals surface area (Å²) in [6.45, 7) is 0.789. The molecule has 3 rings (SSSR count). The van der Waals surface area contributed by atoms with Crippen molar-refractivity contribution in [3.05, 3.63) is 29.3 Å². The van der Waals surface area contributed by atoms with E-state index in [9.17, 15) is 14.4 Å². The van der Waals surface area contributed by atoms with E-state index in [1.54, 1.807) is 17.0 Å². The number of hydrogen-bond acceptors (Lipinski definition) is 3. The van der Waals surface area contributed by atoms with Crippen molar-refractivity contribution in [1.82, 2.24) is 5.32 Å². The second kappa shape index (κ2) is 4.08. The van der Waals surface area contributed by atoms with Gasteiger partial charge in [0.25, 0.3) is 5.91 Å². The molecule has 0 aliphatic carbocycles. The summed E-state index contributed by atoms with van der Waals surface area (Å²) in [6, 6.07) is 5.25. The highest BCUT2D eigenvalue weighted by molar-refractivity contribution is 6.02. The topological polar surface area (TPSA) is 92.5 Å². The van der Waals surface area contributed by atoms with E-state index in [1.807, 2.05) is 6.07 Å². The third kappa shape index (κ3) is 1.85. The van der Waals surface area contributed by atoms with Crippen LogP contribution in [-0.4, -0.2) is 24.3 Å². The Morgan fingerprint density at radius 3 is 2.84 bits per heavy atom. The van der Waals surface area contributed by atoms with Gasteiger partial charge in [-0.15, -0.1) is 0 Å². The van der Waals surface area contributed by atoms with Crippen LogP contribution in [0.3, 0.4) is 0 Å². The molecule has 3 amide bonds. The lowest BCUT2D eigenvalue weighted by atomic mass is 10.1. The molecule has 2 aliphatic heterocycles. The Morgan fingerprint density at radius 2 is 2.16 bits per heavy atom. The second-order valence-corrected chi connectivity index (χ2v) is 4.83. The predicted molar refractivity (Wildman–Crippen MR) is 67.3 cm³/mol. The van der Waals surface area contributed by atoms with Crippen LogP contribution in [0.15, 0.2) is 18.2 Å². The molecule has 1 saturated heterocycles. The standard InChI is InChI=1S/C13H13N3O3/c14-12(18)8-4-11(17)16(6-8)9-1-2-10-7(3-9)5-15-13(10)19/h1-3,8H,4-6H2,(H2,14,18)(H,15,19). The number of anilines is 1. The van der Waals surface area contributed by atoms with E-state index in [0.29, 0.717) is 24.3 Å². The van der Waals surface area contributed by atoms with Crippen LogP contribution in [-0.2, 0) is 16.1 Å². The number of benzene rings is 1. The molecule has 1 aromatic rings. The third-order valence-electron chi connectivity index (χ3n) is 3.61. The minimum atomic E-state index is -0.450. The molecule has 0 aromatic heterocycles. The van der Waals surface area contributed by atoms with Crippen LogP contribution >= 0.6 is 0 Å². The molecule has 19 heavy (non-hydrogen) atoms. The maximum atomic E-state index is 11.9. The Labute approximate surface area is 109 Å². The molecular weight excluding hydrogens is 246 g/mol. The zero-order valence-electron chi connectivity index (χ0n) is 10.2. The molecule has 2 heterocycles. The van der Waals surface area contributed by atoms with Gasteiger partial charge in [0.15, 0.2) is 0 Å². The van der Waals surface area contributed by atoms with Crippen molar-refractivity contribution >= 4 is 23.4 Å². The number of rotatable bonds is 2. The van der Waals surface area contributed by atoms with Gasteiger partial charge in [0.2, 0.25) is 11.8 Å². The van der Waals surface area contributed by atoms with Gasteiger partial charge in [-0.25, -0.2) is 0 Å². The number of nitrogens with two attached hydrogens (primary N) is 1. The first-order valence-electron chi connectivity index (χ1n) is 6.07. The maximum absolute atomic E-state index is 11.9. The lowest BCUT2D eigenvalue weighted by Gasteiger charge is -2.17. The van der Waals surface area contributed by atoms with Crippen LogP contribution in [0, 0.1) is 5.92 Å². The smallest absolute Gasteiger partial charge is 0.251 e. The fourth-order valence-electron chi connectivity index (χ4n) is 2.53. The molecule has 1 aromatic carbocycles. The van der Waals surface area contributed by atoms with E-state index in [4.69, 9.17) is 5.73 Å². The number of nitrogens with one attached hydrogen (secondary N) is 1. The van der Waals surface area contributed by atoms with Gasteiger partial charge in [0, 0.05) is 30.8 Å². The van der Waals surface area contributed by atoms with Crippen molar-refractivity contribution in [2.75, 3.05) is 11.4 Å². The Kier molecular flexibility index (Phi) is 2.51. The van der Waals surface area contributed by atoms with Crippen LogP contribution in [0.1, 0.15) is 22.3 Å². The number of hydrogen-bond donors (Lipinski definition) is 2. The second-order valence-electron chi connectivity index (χ2n) is 4.83. The van der Waals surface area contributed by atoms with E-state index >= 15 is 0 Å². The number of carbonyl (C=O) groups is 3. The normalized spacial score (nSPS) is 21.5. The molecule has 98 valence electrons. The highest BCUT2D eigenvalue weighted by atomic mass is 16.2. The van der Waals surface area contributed by atoms with Crippen molar-refractivity contribution in [3.8, 4) is 0 Å². The van der Waals surface area contributed by atoms with Gasteiger partial charge in [-0.1, -0.05) is 0 Å². The average molecular weight is 259 g/mol. The van der Waals surface area contributed by atoms with Crippen LogP contribution < -0.4 is 16.0 Å². The molecule has 1 unspecified atom stereocenters. The Balaban J connectivity index is 1.90. The summed E-state index contributed by atoms with van der Waals surface area (Å²) in [7, 11) is 0. The number of carbonyl (C=O) groups excluding carboxylic acids is 3. The minimum absolute atomic E-state index is 0.0932. The summed E-state index contributed by atoms with van der Waals surface area (Å²) in [4.78, 5) is 36.0. The van der Waals surface area contributed by atoms with Gasteiger partial charge in [0.1, 0.15) is 0 Å². The molecule has 1 atom stereocenters. The molecule has 0 spiro atoms. The van der Waals surface area contributed by atoms with Crippen molar-refractivity contribution in [2.24, 2.45) is 11.7 Å². The highest BCUT2D eigenvalue weighted by Gasteiger charge is 2.34. The molecule has 0 bridgehead atoms. The fourth-order valence-corrected chi connectivity index (χ4v) is 2.53. The number of fused-ring (bicyclic) bond motifs is 1. The molecular formula is C13H13N3O3. The van der Waals surface area contributed by atoms with Gasteiger partial charge in [-0.3, -0.25) is 14.4 Å². The first kappa shape index (κ1) is 11.7. The predicted octanol–water partition coefficient (Wildman–Crippen LogP) is -0.232. The molecule has 0 saturated carbocycles. The molecule has 2 aliphatic rings. The molecule has 3 N–H and O–H groups in total. The largest absolute Gasteiger partial charge is 0.369 e. The summed E-state index contributed by atoms with van der Waals surface area (Å²) in [5, 5.41) is 2.72. The van der Waals surface area contributed by atoms with Gasteiger partial charge in [-0.05, 0) is 23.8 Å². The fraction of sp³-hybridized carbons (Fsp3) is 0.308. The lowest BCUT2D eigenvalue weighted by molar-refractivity contribution is -0.123. The maximum Gasteiger partial charge on any atom is 0.251 e. The van der Waals surface area contributed by atoms with Gasteiger partial charge in [-0.2, -0.15) is 0 Å². The van der Waals surface area contributed by atoms with E-state index in [0.717, 1.165) is 5.56 Å².